The fourth-order valence-electron chi connectivity index (χ4n) is 6.24. The van der Waals surface area contributed by atoms with Gasteiger partial charge in [-0.1, -0.05) is 79.0 Å². The van der Waals surface area contributed by atoms with Gasteiger partial charge < -0.3 is 47.5 Å². The molecule has 6 atom stereocenters. The molecule has 0 fully saturated rings. The lowest BCUT2D eigenvalue weighted by Gasteiger charge is -2.38. The van der Waals surface area contributed by atoms with Crippen LogP contribution in [0, 0.1) is 10.8 Å². The van der Waals surface area contributed by atoms with Crippen LogP contribution in [0.25, 0.3) is 6.08 Å². The third kappa shape index (κ3) is 18.0. The van der Waals surface area contributed by atoms with Crippen molar-refractivity contribution >= 4 is 53.8 Å². The second kappa shape index (κ2) is 29.7. The molecule has 0 saturated heterocycles. The molecule has 20 nitrogen and oxygen atoms in total. The van der Waals surface area contributed by atoms with E-state index in [4.69, 9.17) is 47.5 Å². The van der Waals surface area contributed by atoms with E-state index in [9.17, 15) is 38.4 Å². The molecule has 0 aromatic carbocycles. The van der Waals surface area contributed by atoms with E-state index in [1.807, 2.05) is 13.0 Å². The van der Waals surface area contributed by atoms with E-state index in [0.29, 0.717) is 0 Å². The predicted octanol–water partition coefficient (Wildman–Crippen LogP) is 7.07. The van der Waals surface area contributed by atoms with E-state index in [0.717, 1.165) is 33.1 Å². The lowest BCUT2D eigenvalue weighted by atomic mass is 9.76. The summed E-state index contributed by atoms with van der Waals surface area (Å²) in [6.45, 7) is 7.80. The number of carbonyl (C=O) groups is 8. The van der Waals surface area contributed by atoms with Crippen LogP contribution in [0.3, 0.4) is 0 Å². The fraction of sp³-hybridized carbons (Fsp3) is 0.388. The van der Waals surface area contributed by atoms with Gasteiger partial charge in [0.2, 0.25) is 5.89 Å². The molecule has 0 aliphatic carbocycles. The van der Waals surface area contributed by atoms with Crippen LogP contribution in [0.5, 0.6) is 0 Å². The summed E-state index contributed by atoms with van der Waals surface area (Å²) in [5.74, 6) is -8.12. The van der Waals surface area contributed by atoms with Gasteiger partial charge in [-0.15, -0.1) is 0 Å². The highest BCUT2D eigenvalue weighted by molar-refractivity contribution is 5.89. The number of rotatable bonds is 29. The molecule has 2 N–H and O–H groups in total. The minimum absolute atomic E-state index is 0.0300. The first-order chi connectivity index (χ1) is 32.9. The Kier molecular flexibility index (Phi) is 24.6. The first-order valence-corrected chi connectivity index (χ1v) is 21.4. The van der Waals surface area contributed by atoms with Crippen molar-refractivity contribution in [3.8, 4) is 0 Å². The highest BCUT2D eigenvalue weighted by atomic mass is 16.6. The third-order valence-corrected chi connectivity index (χ3v) is 10.0. The average Bonchev–Trinajstić information content (AvgIpc) is 4.05. The van der Waals surface area contributed by atoms with Crippen LogP contribution in [-0.2, 0) is 57.2 Å². The van der Waals surface area contributed by atoms with Gasteiger partial charge in [-0.05, 0) is 46.8 Å². The molecule has 2 aromatic rings. The second-order valence-corrected chi connectivity index (χ2v) is 14.9. The number of methoxy groups -OCH3 is 2. The maximum Gasteiger partial charge on any atom is 0.360 e. The molecule has 372 valence electrons. The first-order valence-electron chi connectivity index (χ1n) is 21.4. The number of oxazole rings is 2. The normalized spacial score (nSPS) is 15.6. The van der Waals surface area contributed by atoms with Gasteiger partial charge in [-0.25, -0.2) is 19.6 Å². The van der Waals surface area contributed by atoms with Gasteiger partial charge >= 0.3 is 47.8 Å². The lowest BCUT2D eigenvalue weighted by molar-refractivity contribution is -0.178. The number of carboxylic acids is 2. The van der Waals surface area contributed by atoms with Gasteiger partial charge in [-0.2, -0.15) is 0 Å². The highest BCUT2D eigenvalue weighted by Crippen LogP contribution is 2.38. The van der Waals surface area contributed by atoms with Crippen molar-refractivity contribution in [3.05, 3.63) is 127 Å². The van der Waals surface area contributed by atoms with Crippen molar-refractivity contribution in [2.75, 3.05) is 14.2 Å². The summed E-state index contributed by atoms with van der Waals surface area (Å²) in [5.41, 5.74) is -4.23. The van der Waals surface area contributed by atoms with Crippen LogP contribution < -0.4 is 0 Å². The van der Waals surface area contributed by atoms with Crippen LogP contribution in [0.2, 0.25) is 0 Å². The molecule has 6 unspecified atom stereocenters. The van der Waals surface area contributed by atoms with Gasteiger partial charge in [0.1, 0.15) is 47.8 Å². The number of aliphatic carboxylic acids is 2. The van der Waals surface area contributed by atoms with Crippen LogP contribution in [0.1, 0.15) is 100 Å². The van der Waals surface area contributed by atoms with E-state index in [1.54, 1.807) is 68.5 Å². The number of aromatic nitrogens is 2. The molecule has 0 aliphatic rings. The van der Waals surface area contributed by atoms with Crippen molar-refractivity contribution in [1.82, 2.24) is 9.97 Å². The Hall–Kier alpha value is -7.90. The number of ether oxygens (including phenoxy) is 6. The van der Waals surface area contributed by atoms with Crippen LogP contribution in [0.4, 0.5) is 0 Å². The minimum Gasteiger partial charge on any atom is -0.481 e. The summed E-state index contributed by atoms with van der Waals surface area (Å²) in [6.07, 6.45) is 20.6. The van der Waals surface area contributed by atoms with E-state index < -0.39 is 109 Å². The molecular weight excluding hydrogens is 905 g/mol. The Balaban J connectivity index is 2.41. The zero-order chi connectivity index (χ0) is 51.4. The Morgan fingerprint density at radius 2 is 1.07 bits per heavy atom. The molecule has 2 heterocycles. The molecule has 20 heteroatoms. The van der Waals surface area contributed by atoms with Gasteiger partial charge in [-0.3, -0.25) is 28.8 Å². The molecule has 0 saturated carbocycles. The van der Waals surface area contributed by atoms with E-state index in [2.05, 4.69) is 9.97 Å². The monoisotopic (exact) mass is 962 g/mol. The summed E-state index contributed by atoms with van der Waals surface area (Å²) in [6, 6.07) is 0. The van der Waals surface area contributed by atoms with Crippen molar-refractivity contribution in [1.29, 1.82) is 0 Å². The lowest BCUT2D eigenvalue weighted by Crippen LogP contribution is -2.52. The van der Waals surface area contributed by atoms with Crippen molar-refractivity contribution in [2.45, 2.75) is 97.6 Å². The number of nitrogens with zero attached hydrogens (tertiary/aromatic N) is 2. The summed E-state index contributed by atoms with van der Waals surface area (Å²) in [7, 11) is 2.21. The standard InChI is InChI=1S/C49H58N2O18/c1-8-11-12-13-15-18-24-38(49(5,47(61)63-7)36(22-10-3)67-43(57)29-27-41(54)55)69-45(59)34-31-65-39(51-34)25-20-17-14-16-19-23-37(68-44(58)33-30-64-32-50-33)48(4,46(60)62-6)35(21-9-2)66-42(56)28-26-40(52)53/h8-22,25,30-32,35-38H,23-24,26-29H2,1-7H3,(H,52,53)(H,54,55)/b11-8+,13-12+,17-14+,18-15-,19-16-,21-9+,22-10+,25-20+. The predicted molar refractivity (Wildman–Crippen MR) is 244 cm³/mol. The van der Waals surface area contributed by atoms with Gasteiger partial charge in [0.25, 0.3) is 0 Å². The SMILES string of the molecule is C/C=C/C=C/C=C\CC(OC(=O)c1coc(/C=C/C=C/C=C\CC(OC(=O)c2cocn2)C(C)(C(=O)OC)C(/C=C/C)OC(=O)CCC(=O)O)n1)C(C)(C(=O)OC)C(/C=C/C)OC(=O)CCC(=O)O. The molecule has 0 radical (unpaired) electrons. The van der Waals surface area contributed by atoms with Gasteiger partial charge in [0.15, 0.2) is 17.8 Å². The quantitative estimate of drug-likeness (QED) is 0.0356. The number of allylic oxidation sites excluding steroid dienone is 11. The zero-order valence-electron chi connectivity index (χ0n) is 39.3. The fourth-order valence-corrected chi connectivity index (χ4v) is 6.24. The summed E-state index contributed by atoms with van der Waals surface area (Å²) in [4.78, 5) is 109. The first kappa shape index (κ1) is 57.2. The second-order valence-electron chi connectivity index (χ2n) is 14.9. The Morgan fingerprint density at radius 3 is 1.49 bits per heavy atom. The maximum atomic E-state index is 13.6. The summed E-state index contributed by atoms with van der Waals surface area (Å²) < 4.78 is 43.3. The van der Waals surface area contributed by atoms with Crippen molar-refractivity contribution in [2.24, 2.45) is 10.8 Å². The number of carboxylic acid groups (broad SMARTS) is 2. The average molecular weight is 963 g/mol. The minimum atomic E-state index is -1.88. The largest absolute Gasteiger partial charge is 0.481 e. The maximum absolute atomic E-state index is 13.6. The molecular formula is C49H58N2O18. The number of carbonyl (C=O) groups excluding carboxylic acids is 6. The Bertz CT molecular complexity index is 2300. The van der Waals surface area contributed by atoms with E-state index in [1.165, 1.54) is 50.3 Å². The smallest absolute Gasteiger partial charge is 0.360 e. The Morgan fingerprint density at radius 1 is 0.609 bits per heavy atom. The molecule has 69 heavy (non-hydrogen) atoms. The molecule has 0 amide bonds. The summed E-state index contributed by atoms with van der Waals surface area (Å²) in [5, 5.41) is 18.1. The molecule has 2 rings (SSSR count). The highest BCUT2D eigenvalue weighted by Gasteiger charge is 2.53. The number of esters is 6. The Labute approximate surface area is 398 Å². The zero-order valence-corrected chi connectivity index (χ0v) is 39.3. The molecule has 2 aromatic heterocycles. The van der Waals surface area contributed by atoms with E-state index in [-0.39, 0.29) is 30.1 Å². The van der Waals surface area contributed by atoms with Gasteiger partial charge in [0.05, 0.1) is 39.9 Å². The van der Waals surface area contributed by atoms with Crippen LogP contribution in [0.15, 0.2) is 119 Å². The van der Waals surface area contributed by atoms with E-state index >= 15 is 0 Å². The van der Waals surface area contributed by atoms with Crippen LogP contribution in [-0.4, -0.2) is 107 Å². The van der Waals surface area contributed by atoms with Crippen molar-refractivity contribution in [3.63, 3.8) is 0 Å². The molecule has 0 aliphatic heterocycles. The molecule has 0 bridgehead atoms. The number of hydrogen-bond acceptors (Lipinski definition) is 18. The topological polar surface area (TPSA) is 284 Å². The number of hydrogen-bond donors (Lipinski definition) is 2. The van der Waals surface area contributed by atoms with Gasteiger partial charge in [0, 0.05) is 18.9 Å². The van der Waals surface area contributed by atoms with Crippen LogP contribution >= 0.6 is 0 Å². The van der Waals surface area contributed by atoms with Crippen molar-refractivity contribution < 1.29 is 85.8 Å². The summed E-state index contributed by atoms with van der Waals surface area (Å²) >= 11 is 0. The third-order valence-electron chi connectivity index (χ3n) is 10.0. The molecule has 0 spiro atoms.